The lowest BCUT2D eigenvalue weighted by Crippen LogP contribution is -2.46. The van der Waals surface area contributed by atoms with Crippen LogP contribution in [0.3, 0.4) is 0 Å². The van der Waals surface area contributed by atoms with Crippen molar-refractivity contribution < 1.29 is 18.0 Å². The van der Waals surface area contributed by atoms with Crippen molar-refractivity contribution in [2.45, 2.75) is 6.18 Å². The number of nitrogens with zero attached hydrogens (tertiary/aromatic N) is 5. The van der Waals surface area contributed by atoms with Crippen molar-refractivity contribution in [1.29, 1.82) is 0 Å². The Kier molecular flexibility index (Phi) is 4.68. The summed E-state index contributed by atoms with van der Waals surface area (Å²) >= 11 is 0. The monoisotopic (exact) mass is 352 g/mol. The smallest absolute Gasteiger partial charge is 0.352 e. The maximum atomic E-state index is 12.8. The van der Waals surface area contributed by atoms with Crippen molar-refractivity contribution >= 4 is 23.9 Å². The van der Waals surface area contributed by atoms with Gasteiger partial charge in [0.25, 0.3) is 0 Å². The molecule has 1 aromatic carbocycles. The molecular formula is C15H15F3N6O. The molecule has 0 radical (unpaired) electrons. The zero-order valence-electron chi connectivity index (χ0n) is 13.1. The first-order valence-corrected chi connectivity index (χ1v) is 7.54. The van der Waals surface area contributed by atoms with E-state index in [1.807, 2.05) is 4.90 Å². The summed E-state index contributed by atoms with van der Waals surface area (Å²) in [4.78, 5) is 18.6. The standard InChI is InChI=1S/C15H15F3N6O/c16-15(17,18)11-2-1-3-12(8-11)20-14-21-13(9-19-22-14)24-6-4-23(10-25)5-7-24/h1-3,8-10H,4-7H2,(H,20,21,22). The van der Waals surface area contributed by atoms with E-state index in [1.165, 1.54) is 18.3 Å². The number of amides is 1. The summed E-state index contributed by atoms with van der Waals surface area (Å²) in [5.74, 6) is 0.657. The molecular weight excluding hydrogens is 337 g/mol. The fraction of sp³-hybridized carbons (Fsp3) is 0.333. The Hall–Kier alpha value is -2.91. The van der Waals surface area contributed by atoms with Crippen molar-refractivity contribution in [3.05, 3.63) is 36.0 Å². The molecule has 1 fully saturated rings. The summed E-state index contributed by atoms with van der Waals surface area (Å²) in [6.07, 6.45) is -2.14. The molecule has 0 saturated carbocycles. The van der Waals surface area contributed by atoms with E-state index in [0.717, 1.165) is 18.5 Å². The van der Waals surface area contributed by atoms with Crippen LogP contribution in [0.1, 0.15) is 5.56 Å². The summed E-state index contributed by atoms with van der Waals surface area (Å²) in [6, 6.07) is 4.78. The highest BCUT2D eigenvalue weighted by atomic mass is 19.4. The Morgan fingerprint density at radius 2 is 1.92 bits per heavy atom. The van der Waals surface area contributed by atoms with Crippen LogP contribution in [0.4, 0.5) is 30.6 Å². The van der Waals surface area contributed by atoms with Gasteiger partial charge in [-0.3, -0.25) is 4.79 Å². The van der Waals surface area contributed by atoms with Gasteiger partial charge in [0.2, 0.25) is 12.4 Å². The molecule has 10 heteroatoms. The van der Waals surface area contributed by atoms with Crippen LogP contribution >= 0.6 is 0 Å². The molecule has 0 aliphatic carbocycles. The highest BCUT2D eigenvalue weighted by Gasteiger charge is 2.30. The summed E-state index contributed by atoms with van der Waals surface area (Å²) in [5, 5.41) is 10.4. The van der Waals surface area contributed by atoms with Crippen LogP contribution in [-0.4, -0.2) is 52.7 Å². The second-order valence-corrected chi connectivity index (χ2v) is 5.47. The normalized spacial score (nSPS) is 15.2. The van der Waals surface area contributed by atoms with E-state index < -0.39 is 11.7 Å². The molecule has 1 aliphatic heterocycles. The number of carbonyl (C=O) groups excluding carboxylic acids is 1. The average Bonchev–Trinajstić information content (AvgIpc) is 2.61. The van der Waals surface area contributed by atoms with Crippen molar-refractivity contribution in [1.82, 2.24) is 20.1 Å². The first-order valence-electron chi connectivity index (χ1n) is 7.54. The fourth-order valence-electron chi connectivity index (χ4n) is 2.46. The maximum Gasteiger partial charge on any atom is 0.416 e. The van der Waals surface area contributed by atoms with Crippen molar-refractivity contribution in [2.24, 2.45) is 0 Å². The molecule has 132 valence electrons. The summed E-state index contributed by atoms with van der Waals surface area (Å²) in [5.41, 5.74) is -0.536. The average molecular weight is 352 g/mol. The number of anilines is 3. The van der Waals surface area contributed by atoms with E-state index in [2.05, 4.69) is 20.5 Å². The second kappa shape index (κ2) is 6.91. The summed E-state index contributed by atoms with van der Waals surface area (Å²) in [7, 11) is 0. The van der Waals surface area contributed by atoms with Crippen LogP contribution in [0, 0.1) is 0 Å². The number of alkyl halides is 3. The van der Waals surface area contributed by atoms with Gasteiger partial charge in [0.05, 0.1) is 11.8 Å². The number of nitrogens with one attached hydrogen (secondary N) is 1. The third kappa shape index (κ3) is 4.14. The highest BCUT2D eigenvalue weighted by molar-refractivity contribution is 5.56. The zero-order chi connectivity index (χ0) is 17.9. The molecule has 1 saturated heterocycles. The predicted octanol–water partition coefficient (Wildman–Crippen LogP) is 1.91. The van der Waals surface area contributed by atoms with Crippen molar-refractivity contribution in [3.63, 3.8) is 0 Å². The molecule has 0 unspecified atom stereocenters. The number of benzene rings is 1. The van der Waals surface area contributed by atoms with Gasteiger partial charge in [-0.15, -0.1) is 5.10 Å². The minimum Gasteiger partial charge on any atom is -0.352 e. The minimum atomic E-state index is -4.42. The third-order valence-corrected chi connectivity index (χ3v) is 3.78. The van der Waals surface area contributed by atoms with E-state index >= 15 is 0 Å². The summed E-state index contributed by atoms with van der Waals surface area (Å²) in [6.45, 7) is 2.34. The first-order chi connectivity index (χ1) is 12.0. The van der Waals surface area contributed by atoms with Gasteiger partial charge in [-0.25, -0.2) is 0 Å². The van der Waals surface area contributed by atoms with Gasteiger partial charge < -0.3 is 15.1 Å². The zero-order valence-corrected chi connectivity index (χ0v) is 13.1. The van der Waals surface area contributed by atoms with Gasteiger partial charge in [-0.1, -0.05) is 6.07 Å². The molecule has 2 heterocycles. The maximum absolute atomic E-state index is 12.8. The van der Waals surface area contributed by atoms with Crippen LogP contribution in [0.25, 0.3) is 0 Å². The molecule has 0 spiro atoms. The molecule has 0 atom stereocenters. The third-order valence-electron chi connectivity index (χ3n) is 3.78. The van der Waals surface area contributed by atoms with E-state index in [4.69, 9.17) is 0 Å². The quantitative estimate of drug-likeness (QED) is 0.848. The molecule has 1 aromatic heterocycles. The Labute approximate surface area is 141 Å². The van der Waals surface area contributed by atoms with Crippen LogP contribution in [0.2, 0.25) is 0 Å². The molecule has 7 nitrogen and oxygen atoms in total. The number of hydrogen-bond acceptors (Lipinski definition) is 6. The van der Waals surface area contributed by atoms with Crippen molar-refractivity contribution in [2.75, 3.05) is 36.4 Å². The molecule has 1 amide bonds. The number of carbonyl (C=O) groups is 1. The van der Waals surface area contributed by atoms with Gasteiger partial charge in [-0.05, 0) is 18.2 Å². The Morgan fingerprint density at radius 3 is 2.60 bits per heavy atom. The van der Waals surface area contributed by atoms with E-state index in [-0.39, 0.29) is 11.6 Å². The van der Waals surface area contributed by atoms with Gasteiger partial charge in [0.15, 0.2) is 5.82 Å². The Bertz CT molecular complexity index is 746. The van der Waals surface area contributed by atoms with Gasteiger partial charge in [0, 0.05) is 31.9 Å². The molecule has 2 aromatic rings. The van der Waals surface area contributed by atoms with E-state index in [0.29, 0.717) is 32.0 Å². The largest absolute Gasteiger partial charge is 0.416 e. The summed E-state index contributed by atoms with van der Waals surface area (Å²) < 4.78 is 38.3. The van der Waals surface area contributed by atoms with Gasteiger partial charge in [0.1, 0.15) is 0 Å². The lowest BCUT2D eigenvalue weighted by molar-refractivity contribution is -0.137. The highest BCUT2D eigenvalue weighted by Crippen LogP contribution is 2.31. The molecule has 1 aliphatic rings. The van der Waals surface area contributed by atoms with Crippen molar-refractivity contribution in [3.8, 4) is 0 Å². The molecule has 3 rings (SSSR count). The second-order valence-electron chi connectivity index (χ2n) is 5.47. The minimum absolute atomic E-state index is 0.106. The van der Waals surface area contributed by atoms with Gasteiger partial charge in [-0.2, -0.15) is 23.3 Å². The molecule has 0 bridgehead atoms. The van der Waals surface area contributed by atoms with Crippen LogP contribution in [-0.2, 0) is 11.0 Å². The fourth-order valence-corrected chi connectivity index (χ4v) is 2.46. The molecule has 25 heavy (non-hydrogen) atoms. The van der Waals surface area contributed by atoms with Crippen LogP contribution in [0.5, 0.6) is 0 Å². The number of hydrogen-bond donors (Lipinski definition) is 1. The van der Waals surface area contributed by atoms with E-state index in [9.17, 15) is 18.0 Å². The van der Waals surface area contributed by atoms with E-state index in [1.54, 1.807) is 4.90 Å². The first kappa shape index (κ1) is 16.9. The lowest BCUT2D eigenvalue weighted by Gasteiger charge is -2.33. The number of aromatic nitrogens is 3. The Morgan fingerprint density at radius 1 is 1.16 bits per heavy atom. The number of halogens is 3. The number of piperazine rings is 1. The number of rotatable bonds is 4. The lowest BCUT2D eigenvalue weighted by atomic mass is 10.2. The SMILES string of the molecule is O=CN1CCN(c2cnnc(Nc3cccc(C(F)(F)F)c3)n2)CC1. The van der Waals surface area contributed by atoms with Crippen LogP contribution < -0.4 is 10.2 Å². The predicted molar refractivity (Wildman–Crippen MR) is 84.4 cm³/mol. The van der Waals surface area contributed by atoms with Crippen LogP contribution in [0.15, 0.2) is 30.5 Å². The van der Waals surface area contributed by atoms with Gasteiger partial charge >= 0.3 is 6.18 Å². The Balaban J connectivity index is 1.73. The topological polar surface area (TPSA) is 74.2 Å². The molecule has 1 N–H and O–H groups in total.